The van der Waals surface area contributed by atoms with Crippen LogP contribution in [0.3, 0.4) is 0 Å². The molecule has 1 unspecified atom stereocenters. The van der Waals surface area contributed by atoms with Gasteiger partial charge in [0.2, 0.25) is 0 Å². The predicted molar refractivity (Wildman–Crippen MR) is 87.1 cm³/mol. The van der Waals surface area contributed by atoms with Crippen LogP contribution < -0.4 is 10.6 Å². The average molecular weight is 292 g/mol. The van der Waals surface area contributed by atoms with E-state index in [1.165, 1.54) is 0 Å². The molecule has 1 fully saturated rings. The Hall–Kier alpha value is -1.36. The van der Waals surface area contributed by atoms with E-state index in [0.717, 1.165) is 49.0 Å². The lowest BCUT2D eigenvalue weighted by atomic mass is 9.95. The Kier molecular flexibility index (Phi) is 4.42. The van der Waals surface area contributed by atoms with Gasteiger partial charge in [0.25, 0.3) is 0 Å². The number of hydrogen-bond donors (Lipinski definition) is 2. The van der Waals surface area contributed by atoms with Crippen molar-refractivity contribution in [3.63, 3.8) is 0 Å². The molecule has 1 aliphatic heterocycles. The van der Waals surface area contributed by atoms with Crippen molar-refractivity contribution in [1.29, 1.82) is 0 Å². The summed E-state index contributed by atoms with van der Waals surface area (Å²) in [5.74, 6) is 2.63. The molecule has 1 aromatic rings. The van der Waals surface area contributed by atoms with E-state index in [9.17, 15) is 0 Å². The molecule has 2 heterocycles. The lowest BCUT2D eigenvalue weighted by Crippen LogP contribution is -2.33. The second-order valence-electron chi connectivity index (χ2n) is 7.12. The Balaban J connectivity index is 2.25. The van der Waals surface area contributed by atoms with Crippen molar-refractivity contribution >= 4 is 11.6 Å². The fraction of sp³-hybridized carbons (Fsp3) is 0.750. The Morgan fingerprint density at radius 2 is 1.90 bits per heavy atom. The summed E-state index contributed by atoms with van der Waals surface area (Å²) >= 11 is 0. The van der Waals surface area contributed by atoms with Gasteiger partial charge in [-0.2, -0.15) is 0 Å². The van der Waals surface area contributed by atoms with Crippen LogP contribution in [0.1, 0.15) is 51.9 Å². The SMILES string of the molecule is CNc1nc(C(C)(C)C)nc(NCC2(C)CCCO2)c1C. The van der Waals surface area contributed by atoms with Gasteiger partial charge in [-0.15, -0.1) is 0 Å². The molecule has 0 radical (unpaired) electrons. The van der Waals surface area contributed by atoms with Gasteiger partial charge in [0.05, 0.1) is 5.60 Å². The maximum atomic E-state index is 5.83. The molecule has 118 valence electrons. The van der Waals surface area contributed by atoms with E-state index in [1.807, 2.05) is 14.0 Å². The number of anilines is 2. The smallest absolute Gasteiger partial charge is 0.138 e. The molecule has 1 atom stereocenters. The fourth-order valence-corrected chi connectivity index (χ4v) is 2.51. The van der Waals surface area contributed by atoms with Gasteiger partial charge in [-0.25, -0.2) is 9.97 Å². The van der Waals surface area contributed by atoms with Gasteiger partial charge in [-0.3, -0.25) is 0 Å². The van der Waals surface area contributed by atoms with Gasteiger partial charge in [-0.1, -0.05) is 20.8 Å². The molecular weight excluding hydrogens is 264 g/mol. The van der Waals surface area contributed by atoms with E-state index in [1.54, 1.807) is 0 Å². The standard InChI is InChI=1S/C16H28N4O/c1-11-12(17-6)19-14(15(2,3)4)20-13(11)18-10-16(5)8-7-9-21-16/h7-10H2,1-6H3,(H2,17,18,19,20). The summed E-state index contributed by atoms with van der Waals surface area (Å²) < 4.78 is 5.83. The van der Waals surface area contributed by atoms with Gasteiger partial charge in [0, 0.05) is 31.2 Å². The van der Waals surface area contributed by atoms with Crippen LogP contribution in [0, 0.1) is 6.92 Å². The molecule has 1 saturated heterocycles. The molecule has 5 nitrogen and oxygen atoms in total. The van der Waals surface area contributed by atoms with Crippen molar-refractivity contribution in [1.82, 2.24) is 9.97 Å². The van der Waals surface area contributed by atoms with E-state index < -0.39 is 0 Å². The first-order valence-corrected chi connectivity index (χ1v) is 7.70. The van der Waals surface area contributed by atoms with Crippen LogP contribution in [-0.2, 0) is 10.2 Å². The minimum Gasteiger partial charge on any atom is -0.373 e. The van der Waals surface area contributed by atoms with Crippen molar-refractivity contribution in [2.24, 2.45) is 0 Å². The number of nitrogens with zero attached hydrogens (tertiary/aromatic N) is 2. The van der Waals surface area contributed by atoms with Gasteiger partial charge >= 0.3 is 0 Å². The maximum Gasteiger partial charge on any atom is 0.138 e. The van der Waals surface area contributed by atoms with Crippen LogP contribution in [0.25, 0.3) is 0 Å². The fourth-order valence-electron chi connectivity index (χ4n) is 2.51. The lowest BCUT2D eigenvalue weighted by molar-refractivity contribution is 0.0314. The van der Waals surface area contributed by atoms with E-state index in [-0.39, 0.29) is 11.0 Å². The highest BCUT2D eigenvalue weighted by Crippen LogP contribution is 2.29. The first kappa shape index (κ1) is 16.0. The third-order valence-electron chi connectivity index (χ3n) is 3.98. The summed E-state index contributed by atoms with van der Waals surface area (Å²) in [5, 5.41) is 6.63. The van der Waals surface area contributed by atoms with Crippen LogP contribution >= 0.6 is 0 Å². The second-order valence-corrected chi connectivity index (χ2v) is 7.12. The highest BCUT2D eigenvalue weighted by Gasteiger charge is 2.30. The summed E-state index contributed by atoms with van der Waals surface area (Å²) in [6.07, 6.45) is 2.23. The predicted octanol–water partition coefficient (Wildman–Crippen LogP) is 3.11. The minimum atomic E-state index is -0.0842. The largest absolute Gasteiger partial charge is 0.373 e. The lowest BCUT2D eigenvalue weighted by Gasteiger charge is -2.26. The number of nitrogens with one attached hydrogen (secondary N) is 2. The first-order valence-electron chi connectivity index (χ1n) is 7.70. The number of rotatable bonds is 4. The second kappa shape index (κ2) is 5.79. The topological polar surface area (TPSA) is 59.1 Å². The number of aromatic nitrogens is 2. The van der Waals surface area contributed by atoms with Gasteiger partial charge in [-0.05, 0) is 26.7 Å². The van der Waals surface area contributed by atoms with Crippen molar-refractivity contribution in [3.8, 4) is 0 Å². The minimum absolute atomic E-state index is 0.0799. The Morgan fingerprint density at radius 1 is 1.24 bits per heavy atom. The van der Waals surface area contributed by atoms with Crippen LogP contribution in [0.15, 0.2) is 0 Å². The molecule has 5 heteroatoms. The van der Waals surface area contributed by atoms with Crippen molar-refractivity contribution in [2.45, 2.75) is 58.5 Å². The third-order valence-corrected chi connectivity index (χ3v) is 3.98. The highest BCUT2D eigenvalue weighted by molar-refractivity contribution is 5.57. The zero-order valence-corrected chi connectivity index (χ0v) is 14.1. The van der Waals surface area contributed by atoms with E-state index in [0.29, 0.717) is 0 Å². The summed E-state index contributed by atoms with van der Waals surface area (Å²) in [7, 11) is 1.90. The Morgan fingerprint density at radius 3 is 2.43 bits per heavy atom. The summed E-state index contributed by atoms with van der Waals surface area (Å²) in [4.78, 5) is 9.35. The Labute approximate surface area is 127 Å². The number of hydrogen-bond acceptors (Lipinski definition) is 5. The molecule has 0 aliphatic carbocycles. The first-order chi connectivity index (χ1) is 9.75. The van der Waals surface area contributed by atoms with Gasteiger partial charge in [0.1, 0.15) is 17.5 Å². The summed E-state index contributed by atoms with van der Waals surface area (Å²) in [5.41, 5.74) is 0.884. The molecule has 0 spiro atoms. The average Bonchev–Trinajstić information content (AvgIpc) is 2.83. The van der Waals surface area contributed by atoms with Crippen molar-refractivity contribution < 1.29 is 4.74 Å². The molecule has 0 amide bonds. The number of ether oxygens (including phenoxy) is 1. The molecule has 21 heavy (non-hydrogen) atoms. The molecule has 2 rings (SSSR count). The van der Waals surface area contributed by atoms with E-state index in [4.69, 9.17) is 9.72 Å². The zero-order valence-electron chi connectivity index (χ0n) is 14.1. The molecule has 2 N–H and O–H groups in total. The molecule has 1 aliphatic rings. The molecule has 0 aromatic carbocycles. The zero-order chi connectivity index (χ0) is 15.7. The normalized spacial score (nSPS) is 22.4. The van der Waals surface area contributed by atoms with Crippen molar-refractivity contribution in [2.75, 3.05) is 30.8 Å². The molecule has 0 bridgehead atoms. The quantitative estimate of drug-likeness (QED) is 0.893. The maximum absolute atomic E-state index is 5.83. The van der Waals surface area contributed by atoms with Crippen LogP contribution in [-0.4, -0.2) is 35.8 Å². The monoisotopic (exact) mass is 292 g/mol. The third kappa shape index (κ3) is 3.64. The van der Waals surface area contributed by atoms with Gasteiger partial charge in [0.15, 0.2) is 0 Å². The molecular formula is C16H28N4O. The van der Waals surface area contributed by atoms with E-state index >= 15 is 0 Å². The van der Waals surface area contributed by atoms with Crippen LogP contribution in [0.4, 0.5) is 11.6 Å². The molecule has 0 saturated carbocycles. The summed E-state index contributed by atoms with van der Waals surface area (Å²) in [6, 6.07) is 0. The van der Waals surface area contributed by atoms with Crippen LogP contribution in [0.5, 0.6) is 0 Å². The van der Waals surface area contributed by atoms with E-state index in [2.05, 4.69) is 43.3 Å². The summed E-state index contributed by atoms with van der Waals surface area (Å²) in [6.45, 7) is 12.2. The Bertz CT molecular complexity index is 502. The van der Waals surface area contributed by atoms with Crippen LogP contribution in [0.2, 0.25) is 0 Å². The molecule has 1 aromatic heterocycles. The highest BCUT2D eigenvalue weighted by atomic mass is 16.5. The van der Waals surface area contributed by atoms with Gasteiger partial charge < -0.3 is 15.4 Å². The van der Waals surface area contributed by atoms with Crippen molar-refractivity contribution in [3.05, 3.63) is 11.4 Å².